The molecule has 142 valence electrons. The Hall–Kier alpha value is -0.881. The Bertz CT molecular complexity index is 1070. The molecule has 0 amide bonds. The molecule has 0 saturated carbocycles. The van der Waals surface area contributed by atoms with Crippen LogP contribution >= 0.6 is 9.85 Å². The van der Waals surface area contributed by atoms with Crippen LogP contribution in [-0.4, -0.2) is 33.0 Å². The predicted octanol–water partition coefficient (Wildman–Crippen LogP) is 4.59. The molecule has 0 spiro atoms. The molecule has 5 rings (SSSR count). The van der Waals surface area contributed by atoms with Gasteiger partial charge in [0.25, 0.3) is 0 Å². The van der Waals surface area contributed by atoms with Gasteiger partial charge >= 0.3 is 190 Å². The Balaban J connectivity index is 1.84. The van der Waals surface area contributed by atoms with E-state index < -0.39 is 9.85 Å². The molecule has 0 radical (unpaired) electrons. The van der Waals surface area contributed by atoms with Crippen LogP contribution in [-0.2, 0) is 0 Å². The predicted molar refractivity (Wildman–Crippen MR) is 132 cm³/mol. The summed E-state index contributed by atoms with van der Waals surface area (Å²) in [5.74, 6) is 0. The van der Waals surface area contributed by atoms with Crippen molar-refractivity contribution in [2.45, 2.75) is 0 Å². The molecular weight excluding hydrogens is 619 g/mol. The van der Waals surface area contributed by atoms with Gasteiger partial charge in [0.1, 0.15) is 0 Å². The SMILES string of the molecule is c1ccc(P2(c3ccccc3)=N[P+](c3ccccc3)(c3ccccc3)[Te][Te]2)cc1. The number of benzene rings is 4. The zero-order valence-corrected chi connectivity index (χ0v) is 22.2. The summed E-state index contributed by atoms with van der Waals surface area (Å²) in [4.78, 5) is 0. The first-order valence-corrected chi connectivity index (χ1v) is 26.4. The van der Waals surface area contributed by atoms with Gasteiger partial charge in [0.05, 0.1) is 0 Å². The van der Waals surface area contributed by atoms with Crippen molar-refractivity contribution < 1.29 is 0 Å². The first-order valence-electron chi connectivity index (χ1n) is 9.47. The molecule has 1 aliphatic heterocycles. The van der Waals surface area contributed by atoms with Gasteiger partial charge in [-0.05, 0) is 0 Å². The zero-order valence-electron chi connectivity index (χ0n) is 15.7. The molecule has 1 aliphatic rings. The molecule has 29 heavy (non-hydrogen) atoms. The van der Waals surface area contributed by atoms with Crippen molar-refractivity contribution in [1.82, 2.24) is 0 Å². The van der Waals surface area contributed by atoms with E-state index in [0.717, 1.165) is 0 Å². The van der Waals surface area contributed by atoms with E-state index in [1.807, 2.05) is 0 Å². The van der Waals surface area contributed by atoms with Gasteiger partial charge in [0.15, 0.2) is 0 Å². The summed E-state index contributed by atoms with van der Waals surface area (Å²) >= 11 is -0.426. The Labute approximate surface area is 188 Å². The number of nitrogens with zero attached hydrogens (tertiary/aromatic N) is 1. The fraction of sp³-hybridized carbons (Fsp3) is 0. The minimum absolute atomic E-state index is 0.213. The van der Waals surface area contributed by atoms with Gasteiger partial charge in [-0.25, -0.2) is 0 Å². The van der Waals surface area contributed by atoms with Gasteiger partial charge in [-0.1, -0.05) is 0 Å². The molecule has 0 aromatic heterocycles. The second-order valence-corrected chi connectivity index (χ2v) is 40.8. The van der Waals surface area contributed by atoms with E-state index in [0.29, 0.717) is 0 Å². The molecule has 0 unspecified atom stereocenters. The third-order valence-electron chi connectivity index (χ3n) is 4.93. The second kappa shape index (κ2) is 8.70. The average Bonchev–Trinajstić information content (AvgIpc) is 3.25. The van der Waals surface area contributed by atoms with E-state index in [-0.39, 0.29) is 33.0 Å². The van der Waals surface area contributed by atoms with E-state index in [1.165, 1.54) is 21.2 Å². The molecule has 4 aromatic carbocycles. The molecule has 5 heteroatoms. The summed E-state index contributed by atoms with van der Waals surface area (Å²) < 4.78 is 4.43. The van der Waals surface area contributed by atoms with Crippen LogP contribution in [0.1, 0.15) is 0 Å². The standard InChI is InChI=1S/C24H20NP2Te2/c1-5-13-21(14-6-1)26(22-15-7-2-8-16-22)25-27(29-28-26,23-17-9-3-10-18-23)24-19-11-4-12-20-24/h1-20H/q+1. The van der Waals surface area contributed by atoms with E-state index in [4.69, 9.17) is 4.52 Å². The third kappa shape index (κ3) is 3.69. The first kappa shape index (κ1) is 20.0. The van der Waals surface area contributed by atoms with E-state index in [1.54, 1.807) is 0 Å². The fourth-order valence-electron chi connectivity index (χ4n) is 3.50. The molecule has 0 saturated heterocycles. The van der Waals surface area contributed by atoms with Gasteiger partial charge in [-0.3, -0.25) is 0 Å². The fourth-order valence-corrected chi connectivity index (χ4v) is 97.4. The van der Waals surface area contributed by atoms with Crippen molar-refractivity contribution in [2.75, 3.05) is 0 Å². The van der Waals surface area contributed by atoms with Crippen LogP contribution in [0.2, 0.25) is 0 Å². The number of rotatable bonds is 4. The van der Waals surface area contributed by atoms with Crippen LogP contribution in [0, 0.1) is 0 Å². The Morgan fingerprint density at radius 1 is 0.517 bits per heavy atom. The maximum absolute atomic E-state index is 6.07. The molecule has 0 N–H and O–H groups in total. The number of hydrogen-bond acceptors (Lipinski definition) is 1. The van der Waals surface area contributed by atoms with Crippen LogP contribution in [0.15, 0.2) is 126 Å². The van der Waals surface area contributed by atoms with Crippen LogP contribution in [0.4, 0.5) is 0 Å². The Kier molecular flexibility index (Phi) is 6.01. The van der Waals surface area contributed by atoms with Crippen molar-refractivity contribution in [3.8, 4) is 0 Å². The topological polar surface area (TPSA) is 12.4 Å². The molecule has 0 atom stereocenters. The summed E-state index contributed by atoms with van der Waals surface area (Å²) in [5, 5.41) is 4.33. The molecule has 0 fully saturated rings. The zero-order chi connectivity index (χ0) is 19.6. The molecular formula is C24H20NP2Te2+. The summed E-state index contributed by atoms with van der Waals surface area (Å²) in [6, 6.07) is 44.9. The van der Waals surface area contributed by atoms with E-state index in [9.17, 15) is 0 Å². The van der Waals surface area contributed by atoms with Crippen LogP contribution in [0.3, 0.4) is 0 Å². The normalized spacial score (nSPS) is 16.8. The van der Waals surface area contributed by atoms with E-state index in [2.05, 4.69) is 121 Å². The summed E-state index contributed by atoms with van der Waals surface area (Å²) in [6.45, 7) is 0. The van der Waals surface area contributed by atoms with Crippen LogP contribution < -0.4 is 21.2 Å². The van der Waals surface area contributed by atoms with Crippen molar-refractivity contribution in [2.24, 2.45) is 4.52 Å². The Morgan fingerprint density at radius 2 is 0.897 bits per heavy atom. The van der Waals surface area contributed by atoms with Gasteiger partial charge in [0, 0.05) is 0 Å². The van der Waals surface area contributed by atoms with Crippen molar-refractivity contribution >= 4 is 64.1 Å². The molecule has 0 aliphatic carbocycles. The average molecular weight is 640 g/mol. The maximum atomic E-state index is 6.07. The van der Waals surface area contributed by atoms with Crippen LogP contribution in [0.25, 0.3) is 0 Å². The van der Waals surface area contributed by atoms with E-state index >= 15 is 0 Å². The first-order chi connectivity index (χ1) is 14.3. The van der Waals surface area contributed by atoms with Gasteiger partial charge in [0.2, 0.25) is 0 Å². The quantitative estimate of drug-likeness (QED) is 0.229. The van der Waals surface area contributed by atoms with Gasteiger partial charge in [-0.15, -0.1) is 0 Å². The third-order valence-corrected chi connectivity index (χ3v) is 64.3. The summed E-state index contributed by atoms with van der Waals surface area (Å²) in [7, 11) is 0. The molecule has 4 aromatic rings. The van der Waals surface area contributed by atoms with Gasteiger partial charge < -0.3 is 0 Å². The summed E-state index contributed by atoms with van der Waals surface area (Å²) in [5.41, 5.74) is 0. The minimum atomic E-state index is -1.64. The summed E-state index contributed by atoms with van der Waals surface area (Å²) in [6.07, 6.45) is 0. The monoisotopic (exact) mass is 644 g/mol. The van der Waals surface area contributed by atoms with Gasteiger partial charge in [-0.2, -0.15) is 0 Å². The molecule has 1 heterocycles. The molecule has 0 bridgehead atoms. The Morgan fingerprint density at radius 3 is 1.31 bits per heavy atom. The van der Waals surface area contributed by atoms with Crippen molar-refractivity contribution in [1.29, 1.82) is 0 Å². The van der Waals surface area contributed by atoms with Crippen molar-refractivity contribution in [3.05, 3.63) is 121 Å². The number of hydrogen-bond donors (Lipinski definition) is 0. The second-order valence-electron chi connectivity index (χ2n) is 6.73. The van der Waals surface area contributed by atoms with Crippen molar-refractivity contribution in [3.63, 3.8) is 0 Å². The van der Waals surface area contributed by atoms with Crippen LogP contribution in [0.5, 0.6) is 0 Å². The molecule has 1 nitrogen and oxygen atoms in total.